The van der Waals surface area contributed by atoms with E-state index in [0.29, 0.717) is 10.6 Å². The average Bonchev–Trinajstić information content (AvgIpc) is 2.81. The molecular weight excluding hydrogens is 410 g/mol. The number of hydrogen-bond acceptors (Lipinski definition) is 7. The molecule has 0 saturated carbocycles. The van der Waals surface area contributed by atoms with E-state index in [1.165, 1.54) is 5.56 Å². The molecule has 1 aromatic heterocycles. The molecule has 0 radical (unpaired) electrons. The van der Waals surface area contributed by atoms with Crippen molar-refractivity contribution < 1.29 is 9.29 Å². The Bertz CT molecular complexity index is 979. The van der Waals surface area contributed by atoms with Gasteiger partial charge in [0.05, 0.1) is 19.0 Å². The molecule has 1 fully saturated rings. The number of aryl methyl sites for hydroxylation is 1. The second-order valence-corrected chi connectivity index (χ2v) is 8.73. The van der Waals surface area contributed by atoms with Gasteiger partial charge in [-0.15, -0.1) is 0 Å². The molecule has 2 heterocycles. The average molecular weight is 438 g/mol. The highest BCUT2D eigenvalue weighted by Gasteiger charge is 2.20. The van der Waals surface area contributed by atoms with Crippen LogP contribution < -0.4 is 14.4 Å². The monoisotopic (exact) mass is 437 g/mol. The van der Waals surface area contributed by atoms with E-state index in [-0.39, 0.29) is 0 Å². The molecule has 1 unspecified atom stereocenters. The second kappa shape index (κ2) is 10.00. The van der Waals surface area contributed by atoms with Crippen LogP contribution in [-0.4, -0.2) is 52.7 Å². The standard InChI is InChI=1S/C23H27N5O2S/c1-18-3-8-21(30-2)22(15-18)31(29)26-20-6-4-19(5-7-20)17-27-11-13-28(14-12-27)23-16-24-9-10-25-23/h3-10,15-16,26H,11-14,17H2,1-2H3. The van der Waals surface area contributed by atoms with Crippen LogP contribution in [0.5, 0.6) is 5.75 Å². The van der Waals surface area contributed by atoms with Crippen LogP contribution in [-0.2, 0) is 17.9 Å². The number of hydrogen-bond donors (Lipinski definition) is 1. The number of methoxy groups -OCH3 is 1. The van der Waals surface area contributed by atoms with Crippen LogP contribution in [0.3, 0.4) is 0 Å². The first kappa shape index (κ1) is 21.4. The Morgan fingerprint density at radius 3 is 2.52 bits per heavy atom. The Labute approximate surface area is 186 Å². The Morgan fingerprint density at radius 1 is 1.06 bits per heavy atom. The molecule has 2 aromatic carbocycles. The number of benzene rings is 2. The van der Waals surface area contributed by atoms with Crippen LogP contribution >= 0.6 is 0 Å². The van der Waals surface area contributed by atoms with E-state index in [1.807, 2.05) is 43.5 Å². The lowest BCUT2D eigenvalue weighted by Crippen LogP contribution is -2.46. The molecule has 4 rings (SSSR count). The fourth-order valence-corrected chi connectivity index (χ4v) is 4.70. The summed E-state index contributed by atoms with van der Waals surface area (Å²) in [5.41, 5.74) is 3.09. The molecule has 1 N–H and O–H groups in total. The normalized spacial score (nSPS) is 15.5. The van der Waals surface area contributed by atoms with E-state index in [1.54, 1.807) is 19.5 Å². The van der Waals surface area contributed by atoms with Crippen LogP contribution in [0.1, 0.15) is 11.1 Å². The first-order chi connectivity index (χ1) is 15.1. The van der Waals surface area contributed by atoms with Gasteiger partial charge in [0.2, 0.25) is 4.90 Å². The quantitative estimate of drug-likeness (QED) is 0.569. The molecule has 0 bridgehead atoms. The van der Waals surface area contributed by atoms with E-state index in [0.717, 1.165) is 49.8 Å². The maximum atomic E-state index is 12.8. The molecule has 8 heteroatoms. The summed E-state index contributed by atoms with van der Waals surface area (Å²) in [7, 11) is 1.59. The van der Waals surface area contributed by atoms with Gasteiger partial charge in [-0.3, -0.25) is 9.88 Å². The van der Waals surface area contributed by atoms with Crippen molar-refractivity contribution in [1.82, 2.24) is 14.9 Å². The number of aromatic nitrogens is 2. The number of rotatable bonds is 7. The lowest BCUT2D eigenvalue weighted by Gasteiger charge is -2.35. The molecular formula is C23H27N5O2S. The van der Waals surface area contributed by atoms with Gasteiger partial charge < -0.3 is 14.2 Å². The smallest absolute Gasteiger partial charge is 0.221 e. The maximum Gasteiger partial charge on any atom is 0.221 e. The van der Waals surface area contributed by atoms with Crippen molar-refractivity contribution in [1.29, 1.82) is 0 Å². The van der Waals surface area contributed by atoms with Crippen LogP contribution in [0.15, 0.2) is 66.0 Å². The summed E-state index contributed by atoms with van der Waals surface area (Å²) >= 11 is -1.39. The van der Waals surface area contributed by atoms with Gasteiger partial charge in [-0.1, -0.05) is 18.2 Å². The molecule has 0 amide bonds. The van der Waals surface area contributed by atoms with E-state index in [2.05, 4.69) is 36.6 Å². The lowest BCUT2D eigenvalue weighted by atomic mass is 10.2. The van der Waals surface area contributed by atoms with E-state index >= 15 is 0 Å². The third-order valence-electron chi connectivity index (χ3n) is 5.34. The zero-order valence-corrected chi connectivity index (χ0v) is 18.6. The number of nitrogens with zero attached hydrogens (tertiary/aromatic N) is 4. The summed E-state index contributed by atoms with van der Waals surface area (Å²) in [5, 5.41) is 0. The molecule has 1 atom stereocenters. The van der Waals surface area contributed by atoms with Gasteiger partial charge in [-0.25, -0.2) is 9.71 Å². The highest BCUT2D eigenvalue weighted by Crippen LogP contribution is 2.27. The number of ether oxygens (including phenoxy) is 1. The number of nitrogens with one attached hydrogen (secondary N) is 1. The molecule has 3 aromatic rings. The van der Waals surface area contributed by atoms with E-state index in [4.69, 9.17) is 4.74 Å². The minimum Gasteiger partial charge on any atom is -0.588 e. The van der Waals surface area contributed by atoms with Gasteiger partial charge in [0.1, 0.15) is 17.2 Å². The lowest BCUT2D eigenvalue weighted by molar-refractivity contribution is 0.249. The topological polar surface area (TPSA) is 76.6 Å². The van der Waals surface area contributed by atoms with Gasteiger partial charge in [0, 0.05) is 51.2 Å². The third kappa shape index (κ3) is 5.46. The molecule has 1 aliphatic rings. The number of piperazine rings is 1. The van der Waals surface area contributed by atoms with Crippen molar-refractivity contribution in [3.63, 3.8) is 0 Å². The second-order valence-electron chi connectivity index (χ2n) is 7.55. The summed E-state index contributed by atoms with van der Waals surface area (Å²) in [6, 6.07) is 13.8. The summed E-state index contributed by atoms with van der Waals surface area (Å²) in [4.78, 5) is 13.9. The van der Waals surface area contributed by atoms with E-state index in [9.17, 15) is 4.55 Å². The summed E-state index contributed by atoms with van der Waals surface area (Å²) in [6.07, 6.45) is 5.25. The van der Waals surface area contributed by atoms with Crippen molar-refractivity contribution in [2.75, 3.05) is 42.9 Å². The minimum atomic E-state index is -1.39. The van der Waals surface area contributed by atoms with Gasteiger partial charge in [0.15, 0.2) is 5.75 Å². The van der Waals surface area contributed by atoms with Crippen LogP contribution in [0.2, 0.25) is 0 Å². The summed E-state index contributed by atoms with van der Waals surface area (Å²) in [5.74, 6) is 1.56. The minimum absolute atomic E-state index is 0.619. The highest BCUT2D eigenvalue weighted by atomic mass is 32.2. The Morgan fingerprint density at radius 2 is 1.84 bits per heavy atom. The van der Waals surface area contributed by atoms with Gasteiger partial charge in [-0.05, 0) is 36.2 Å². The zero-order valence-electron chi connectivity index (χ0n) is 17.8. The fraction of sp³-hybridized carbons (Fsp3) is 0.304. The van der Waals surface area contributed by atoms with Crippen molar-refractivity contribution in [2.24, 2.45) is 0 Å². The number of anilines is 2. The van der Waals surface area contributed by atoms with Gasteiger partial charge in [0.25, 0.3) is 0 Å². The maximum absolute atomic E-state index is 12.8. The fourth-order valence-electron chi connectivity index (χ4n) is 3.62. The molecule has 0 spiro atoms. The zero-order chi connectivity index (χ0) is 21.6. The molecule has 7 nitrogen and oxygen atoms in total. The molecule has 1 aliphatic heterocycles. The molecule has 162 valence electrons. The van der Waals surface area contributed by atoms with Crippen molar-refractivity contribution in [2.45, 2.75) is 18.4 Å². The van der Waals surface area contributed by atoms with Crippen molar-refractivity contribution in [3.8, 4) is 5.75 Å². The highest BCUT2D eigenvalue weighted by molar-refractivity contribution is 7.92. The van der Waals surface area contributed by atoms with E-state index < -0.39 is 11.4 Å². The van der Waals surface area contributed by atoms with Gasteiger partial charge in [-0.2, -0.15) is 0 Å². The third-order valence-corrected chi connectivity index (χ3v) is 6.47. The van der Waals surface area contributed by atoms with Gasteiger partial charge >= 0.3 is 0 Å². The summed E-state index contributed by atoms with van der Waals surface area (Å²) in [6.45, 7) is 6.71. The predicted octanol–water partition coefficient (Wildman–Crippen LogP) is 3.25. The molecule has 31 heavy (non-hydrogen) atoms. The van der Waals surface area contributed by atoms with Crippen LogP contribution in [0.25, 0.3) is 0 Å². The first-order valence-corrected chi connectivity index (χ1v) is 11.4. The Hall–Kier alpha value is -2.81. The SMILES string of the molecule is COc1ccc(C)cc1[S+]([O-])Nc1ccc(CN2CCN(c3cnccn3)CC2)cc1. The Balaban J connectivity index is 1.31. The largest absolute Gasteiger partial charge is 0.588 e. The summed E-state index contributed by atoms with van der Waals surface area (Å²) < 4.78 is 21.2. The Kier molecular flexibility index (Phi) is 6.91. The molecule has 0 aliphatic carbocycles. The first-order valence-electron chi connectivity index (χ1n) is 10.3. The van der Waals surface area contributed by atoms with Crippen molar-refractivity contribution >= 4 is 22.9 Å². The van der Waals surface area contributed by atoms with Crippen LogP contribution in [0, 0.1) is 6.92 Å². The van der Waals surface area contributed by atoms with Crippen LogP contribution in [0.4, 0.5) is 11.5 Å². The van der Waals surface area contributed by atoms with Crippen molar-refractivity contribution in [3.05, 3.63) is 72.2 Å². The molecule has 1 saturated heterocycles. The predicted molar refractivity (Wildman–Crippen MR) is 124 cm³/mol.